The van der Waals surface area contributed by atoms with Crippen LogP contribution in [-0.4, -0.2) is 20.2 Å². The Labute approximate surface area is 102 Å². The van der Waals surface area contributed by atoms with Crippen LogP contribution in [0.1, 0.15) is 0 Å². The maximum Gasteiger partial charge on any atom is 0.226 e. The number of hydrogen-bond donors (Lipinski definition) is 3. The van der Waals surface area contributed by atoms with Crippen molar-refractivity contribution in [3.63, 3.8) is 0 Å². The van der Waals surface area contributed by atoms with Gasteiger partial charge in [-0.3, -0.25) is 0 Å². The summed E-state index contributed by atoms with van der Waals surface area (Å²) in [5.74, 6) is -0.639. The summed E-state index contributed by atoms with van der Waals surface area (Å²) >= 11 is 9.57. The van der Waals surface area contributed by atoms with E-state index in [1.54, 1.807) is 24.3 Å². The van der Waals surface area contributed by atoms with Crippen LogP contribution >= 0.6 is 24.2 Å². The smallest absolute Gasteiger partial charge is 0.226 e. The standard InChI is InChI=1S/C10H7ClN2O2S/c11-6-3-1-5(2-4-6)7-8(14)12-10(16)13-9(7)15/h1-4H,(H3,12,13,14,15,16). The molecule has 0 fully saturated rings. The van der Waals surface area contributed by atoms with Crippen molar-refractivity contribution >= 4 is 24.2 Å². The fraction of sp³-hybridized carbons (Fsp3) is 0. The van der Waals surface area contributed by atoms with Gasteiger partial charge in [-0.2, -0.15) is 9.97 Å². The lowest BCUT2D eigenvalue weighted by Crippen LogP contribution is -1.89. The topological polar surface area (TPSA) is 66.2 Å². The molecule has 0 saturated carbocycles. The molecule has 2 rings (SSSR count). The van der Waals surface area contributed by atoms with Crippen LogP contribution in [0.15, 0.2) is 29.4 Å². The number of nitrogens with zero attached hydrogens (tertiary/aromatic N) is 2. The normalized spacial score (nSPS) is 10.4. The maximum absolute atomic E-state index is 9.60. The Bertz CT molecular complexity index is 508. The average Bonchev–Trinajstić information content (AvgIpc) is 2.19. The first-order valence-corrected chi connectivity index (χ1v) is 5.15. The molecular formula is C10H7ClN2O2S. The van der Waals surface area contributed by atoms with Gasteiger partial charge in [0.25, 0.3) is 0 Å². The quantitative estimate of drug-likeness (QED) is 0.540. The molecule has 6 heteroatoms. The van der Waals surface area contributed by atoms with Crippen LogP contribution in [0.4, 0.5) is 0 Å². The van der Waals surface area contributed by atoms with Crippen molar-refractivity contribution in [2.45, 2.75) is 5.16 Å². The van der Waals surface area contributed by atoms with E-state index in [1.807, 2.05) is 0 Å². The number of halogens is 1. The van der Waals surface area contributed by atoms with E-state index in [4.69, 9.17) is 11.6 Å². The highest BCUT2D eigenvalue weighted by atomic mass is 35.5. The third-order valence-electron chi connectivity index (χ3n) is 1.99. The van der Waals surface area contributed by atoms with Gasteiger partial charge in [0.15, 0.2) is 5.16 Å². The van der Waals surface area contributed by atoms with E-state index in [-0.39, 0.29) is 22.5 Å². The number of thiol groups is 1. The highest BCUT2D eigenvalue weighted by Crippen LogP contribution is 2.35. The average molecular weight is 255 g/mol. The Morgan fingerprint density at radius 3 is 2.00 bits per heavy atom. The molecule has 82 valence electrons. The molecule has 2 N–H and O–H groups in total. The summed E-state index contributed by atoms with van der Waals surface area (Å²) in [6, 6.07) is 6.59. The highest BCUT2D eigenvalue weighted by Gasteiger charge is 2.13. The fourth-order valence-electron chi connectivity index (χ4n) is 1.30. The largest absolute Gasteiger partial charge is 0.493 e. The van der Waals surface area contributed by atoms with Crippen molar-refractivity contribution in [1.29, 1.82) is 0 Å². The van der Waals surface area contributed by atoms with Crippen LogP contribution in [0.3, 0.4) is 0 Å². The molecule has 16 heavy (non-hydrogen) atoms. The molecule has 0 bridgehead atoms. The second-order valence-electron chi connectivity index (χ2n) is 3.05. The molecule has 1 aromatic heterocycles. The molecule has 0 aliphatic rings. The van der Waals surface area contributed by atoms with Crippen LogP contribution in [0.5, 0.6) is 11.8 Å². The second-order valence-corrected chi connectivity index (χ2v) is 3.89. The third kappa shape index (κ3) is 2.05. The van der Waals surface area contributed by atoms with Gasteiger partial charge < -0.3 is 10.2 Å². The Morgan fingerprint density at radius 2 is 1.50 bits per heavy atom. The highest BCUT2D eigenvalue weighted by molar-refractivity contribution is 7.80. The lowest BCUT2D eigenvalue weighted by Gasteiger charge is -2.06. The van der Waals surface area contributed by atoms with Crippen LogP contribution in [0.2, 0.25) is 5.02 Å². The van der Waals surface area contributed by atoms with E-state index in [2.05, 4.69) is 22.6 Å². The van der Waals surface area contributed by atoms with E-state index >= 15 is 0 Å². The van der Waals surface area contributed by atoms with Crippen molar-refractivity contribution in [2.24, 2.45) is 0 Å². The second kappa shape index (κ2) is 4.19. The first-order chi connectivity index (χ1) is 7.58. The lowest BCUT2D eigenvalue weighted by atomic mass is 10.1. The fourth-order valence-corrected chi connectivity index (χ4v) is 1.62. The lowest BCUT2D eigenvalue weighted by molar-refractivity contribution is 0.415. The van der Waals surface area contributed by atoms with Gasteiger partial charge in [-0.05, 0) is 17.7 Å². The molecule has 0 aliphatic heterocycles. The number of hydrogen-bond acceptors (Lipinski definition) is 5. The number of benzene rings is 1. The zero-order valence-electron chi connectivity index (χ0n) is 7.92. The van der Waals surface area contributed by atoms with Crippen molar-refractivity contribution in [1.82, 2.24) is 9.97 Å². The van der Waals surface area contributed by atoms with E-state index in [1.165, 1.54) is 0 Å². The molecule has 0 amide bonds. The van der Waals surface area contributed by atoms with Crippen LogP contribution < -0.4 is 0 Å². The Balaban J connectivity index is 2.60. The van der Waals surface area contributed by atoms with E-state index in [0.717, 1.165) is 0 Å². The molecule has 1 heterocycles. The summed E-state index contributed by atoms with van der Waals surface area (Å²) in [5.41, 5.74) is 0.738. The SMILES string of the molecule is Oc1nc(S)nc(O)c1-c1ccc(Cl)cc1. The number of aromatic nitrogens is 2. The van der Waals surface area contributed by atoms with Crippen molar-refractivity contribution in [2.75, 3.05) is 0 Å². The van der Waals surface area contributed by atoms with Gasteiger partial charge >= 0.3 is 0 Å². The van der Waals surface area contributed by atoms with Crippen molar-refractivity contribution < 1.29 is 10.2 Å². The van der Waals surface area contributed by atoms with Gasteiger partial charge in [0.1, 0.15) is 5.56 Å². The van der Waals surface area contributed by atoms with Crippen molar-refractivity contribution in [3.05, 3.63) is 29.3 Å². The molecule has 0 unspecified atom stereocenters. The molecule has 2 aromatic rings. The van der Waals surface area contributed by atoms with Gasteiger partial charge in [-0.15, -0.1) is 12.6 Å². The monoisotopic (exact) mass is 254 g/mol. The number of aromatic hydroxyl groups is 2. The minimum atomic E-state index is -0.320. The molecule has 1 aromatic carbocycles. The predicted octanol–water partition coefficient (Wildman–Crippen LogP) is 2.50. The van der Waals surface area contributed by atoms with Crippen LogP contribution in [0.25, 0.3) is 11.1 Å². The summed E-state index contributed by atoms with van der Waals surface area (Å²) in [6.45, 7) is 0. The summed E-state index contributed by atoms with van der Waals surface area (Å²) in [5, 5.41) is 19.8. The zero-order chi connectivity index (χ0) is 11.7. The first-order valence-electron chi connectivity index (χ1n) is 4.33. The first kappa shape index (κ1) is 11.0. The molecule has 0 spiro atoms. The summed E-state index contributed by atoms with van der Waals surface area (Å²) in [4.78, 5) is 7.30. The zero-order valence-corrected chi connectivity index (χ0v) is 9.57. The van der Waals surface area contributed by atoms with Gasteiger partial charge in [-0.1, -0.05) is 23.7 Å². The van der Waals surface area contributed by atoms with Crippen LogP contribution in [0, 0.1) is 0 Å². The molecule has 0 atom stereocenters. The number of rotatable bonds is 1. The van der Waals surface area contributed by atoms with E-state index < -0.39 is 0 Å². The van der Waals surface area contributed by atoms with Crippen molar-refractivity contribution in [3.8, 4) is 22.9 Å². The molecule has 0 aliphatic carbocycles. The minimum absolute atomic E-state index is 0.00714. The van der Waals surface area contributed by atoms with Gasteiger partial charge in [0.2, 0.25) is 11.8 Å². The molecule has 0 radical (unpaired) electrons. The van der Waals surface area contributed by atoms with E-state index in [0.29, 0.717) is 10.6 Å². The summed E-state index contributed by atoms with van der Waals surface area (Å²) in [6.07, 6.45) is 0. The summed E-state index contributed by atoms with van der Waals surface area (Å²) < 4.78 is 0. The van der Waals surface area contributed by atoms with E-state index in [9.17, 15) is 10.2 Å². The van der Waals surface area contributed by atoms with Crippen LogP contribution in [-0.2, 0) is 0 Å². The third-order valence-corrected chi connectivity index (χ3v) is 2.44. The van der Waals surface area contributed by atoms with Gasteiger partial charge in [-0.25, -0.2) is 0 Å². The van der Waals surface area contributed by atoms with Gasteiger partial charge in [0, 0.05) is 5.02 Å². The Morgan fingerprint density at radius 1 is 1.00 bits per heavy atom. The molecule has 4 nitrogen and oxygen atoms in total. The predicted molar refractivity (Wildman–Crippen MR) is 63.1 cm³/mol. The summed E-state index contributed by atoms with van der Waals surface area (Å²) in [7, 11) is 0. The van der Waals surface area contributed by atoms with Gasteiger partial charge in [0.05, 0.1) is 0 Å². The Kier molecular flexibility index (Phi) is 2.89. The Hall–Kier alpha value is -1.46. The molecular weight excluding hydrogens is 248 g/mol. The minimum Gasteiger partial charge on any atom is -0.493 e. The maximum atomic E-state index is 9.60. The molecule has 0 saturated heterocycles.